The van der Waals surface area contributed by atoms with E-state index in [4.69, 9.17) is 4.74 Å². The van der Waals surface area contributed by atoms with Crippen LogP contribution in [0.25, 0.3) is 0 Å². The minimum absolute atomic E-state index is 0.0717. The molecule has 1 fully saturated rings. The molecule has 0 radical (unpaired) electrons. The van der Waals surface area contributed by atoms with Crippen LogP contribution in [0, 0.1) is 12.7 Å². The summed E-state index contributed by atoms with van der Waals surface area (Å²) in [5.74, 6) is -0.212. The van der Waals surface area contributed by atoms with Gasteiger partial charge in [-0.25, -0.2) is 4.39 Å². The lowest BCUT2D eigenvalue weighted by Gasteiger charge is -2.25. The van der Waals surface area contributed by atoms with Crippen molar-refractivity contribution in [3.05, 3.63) is 53.1 Å². The monoisotopic (exact) mass is 289 g/mol. The fourth-order valence-corrected chi connectivity index (χ4v) is 2.77. The number of nitrogens with one attached hydrogen (secondary N) is 2. The number of ether oxygens (including phenoxy) is 1. The molecule has 1 aromatic heterocycles. The Morgan fingerprint density at radius 2 is 2.24 bits per heavy atom. The summed E-state index contributed by atoms with van der Waals surface area (Å²) in [6.45, 7) is 3.52. The van der Waals surface area contributed by atoms with Crippen molar-refractivity contribution < 1.29 is 9.13 Å². The lowest BCUT2D eigenvalue weighted by molar-refractivity contribution is 0.0775. The number of aryl methyl sites for hydroxylation is 1. The number of hydrogen-bond acceptors (Lipinski definition) is 3. The van der Waals surface area contributed by atoms with E-state index in [2.05, 4.69) is 15.5 Å². The van der Waals surface area contributed by atoms with E-state index in [9.17, 15) is 4.39 Å². The molecule has 2 atom stereocenters. The van der Waals surface area contributed by atoms with Gasteiger partial charge in [0, 0.05) is 24.4 Å². The summed E-state index contributed by atoms with van der Waals surface area (Å²) >= 11 is 0. The van der Waals surface area contributed by atoms with Gasteiger partial charge in [-0.2, -0.15) is 5.10 Å². The standard InChI is InChI=1S/C16H20FN3O/c1-11-13(10-19-20-11)9-18-16(15-3-2-8-21-15)12-4-6-14(17)7-5-12/h4-7,10,15-16,18H,2-3,8-9H2,1H3,(H,19,20)/t15-,16+/m0/s1. The van der Waals surface area contributed by atoms with Crippen LogP contribution in [-0.2, 0) is 11.3 Å². The van der Waals surface area contributed by atoms with Gasteiger partial charge in [-0.05, 0) is 37.5 Å². The Hall–Kier alpha value is -1.72. The lowest BCUT2D eigenvalue weighted by Crippen LogP contribution is -2.31. The van der Waals surface area contributed by atoms with Gasteiger partial charge in [-0.1, -0.05) is 12.1 Å². The molecule has 4 nitrogen and oxygen atoms in total. The number of hydrogen-bond donors (Lipinski definition) is 2. The van der Waals surface area contributed by atoms with Gasteiger partial charge < -0.3 is 10.1 Å². The molecule has 0 saturated carbocycles. The highest BCUT2D eigenvalue weighted by molar-refractivity contribution is 5.22. The maximum atomic E-state index is 13.1. The molecular formula is C16H20FN3O. The molecule has 3 rings (SSSR count). The molecule has 0 spiro atoms. The number of benzene rings is 1. The third kappa shape index (κ3) is 3.31. The van der Waals surface area contributed by atoms with Crippen LogP contribution in [0.5, 0.6) is 0 Å². The summed E-state index contributed by atoms with van der Waals surface area (Å²) in [6.07, 6.45) is 4.08. The molecule has 0 bridgehead atoms. The van der Waals surface area contributed by atoms with E-state index in [1.807, 2.05) is 25.3 Å². The van der Waals surface area contributed by atoms with Gasteiger partial charge in [0.05, 0.1) is 18.3 Å². The second kappa shape index (κ2) is 6.37. The van der Waals surface area contributed by atoms with Crippen molar-refractivity contribution >= 4 is 0 Å². The average Bonchev–Trinajstić information content (AvgIpc) is 3.13. The van der Waals surface area contributed by atoms with E-state index in [-0.39, 0.29) is 18.0 Å². The van der Waals surface area contributed by atoms with Crippen molar-refractivity contribution in [2.45, 2.75) is 38.5 Å². The van der Waals surface area contributed by atoms with Crippen LogP contribution in [-0.4, -0.2) is 22.9 Å². The Kier molecular flexibility index (Phi) is 4.31. The Morgan fingerprint density at radius 3 is 2.86 bits per heavy atom. The molecule has 1 aromatic carbocycles. The molecule has 1 saturated heterocycles. The van der Waals surface area contributed by atoms with Crippen LogP contribution in [0.3, 0.4) is 0 Å². The second-order valence-electron chi connectivity index (χ2n) is 5.48. The van der Waals surface area contributed by atoms with E-state index >= 15 is 0 Å². The molecular weight excluding hydrogens is 269 g/mol. The van der Waals surface area contributed by atoms with Crippen molar-refractivity contribution in [3.8, 4) is 0 Å². The summed E-state index contributed by atoms with van der Waals surface area (Å²) in [6, 6.07) is 6.74. The topological polar surface area (TPSA) is 49.9 Å². The molecule has 2 heterocycles. The van der Waals surface area contributed by atoms with E-state index in [1.165, 1.54) is 12.1 Å². The largest absolute Gasteiger partial charge is 0.376 e. The zero-order valence-corrected chi connectivity index (χ0v) is 12.1. The fourth-order valence-electron chi connectivity index (χ4n) is 2.77. The van der Waals surface area contributed by atoms with Crippen molar-refractivity contribution in [1.29, 1.82) is 0 Å². The first kappa shape index (κ1) is 14.2. The Bertz CT molecular complexity index is 575. The number of aromatic nitrogens is 2. The van der Waals surface area contributed by atoms with Gasteiger partial charge in [0.1, 0.15) is 5.82 Å². The van der Waals surface area contributed by atoms with E-state index in [1.54, 1.807) is 0 Å². The zero-order valence-electron chi connectivity index (χ0n) is 12.1. The predicted molar refractivity (Wildman–Crippen MR) is 78.3 cm³/mol. The van der Waals surface area contributed by atoms with Crippen LogP contribution in [0.1, 0.15) is 35.7 Å². The van der Waals surface area contributed by atoms with Gasteiger partial charge in [0.2, 0.25) is 0 Å². The molecule has 21 heavy (non-hydrogen) atoms. The second-order valence-corrected chi connectivity index (χ2v) is 5.48. The van der Waals surface area contributed by atoms with Gasteiger partial charge in [0.15, 0.2) is 0 Å². The maximum Gasteiger partial charge on any atom is 0.123 e. The third-order valence-electron chi connectivity index (χ3n) is 4.01. The zero-order chi connectivity index (χ0) is 14.7. The molecule has 0 amide bonds. The molecule has 0 unspecified atom stereocenters. The fraction of sp³-hybridized carbons (Fsp3) is 0.438. The molecule has 5 heteroatoms. The highest BCUT2D eigenvalue weighted by atomic mass is 19.1. The number of aromatic amines is 1. The molecule has 0 aliphatic carbocycles. The smallest absolute Gasteiger partial charge is 0.123 e. The van der Waals surface area contributed by atoms with E-state index < -0.39 is 0 Å². The van der Waals surface area contributed by atoms with Crippen LogP contribution < -0.4 is 5.32 Å². The first-order chi connectivity index (χ1) is 10.2. The van der Waals surface area contributed by atoms with Gasteiger partial charge in [-0.3, -0.25) is 5.10 Å². The molecule has 2 aromatic rings. The van der Waals surface area contributed by atoms with Crippen LogP contribution in [0.4, 0.5) is 4.39 Å². The third-order valence-corrected chi connectivity index (χ3v) is 4.01. The number of halogens is 1. The predicted octanol–water partition coefficient (Wildman–Crippen LogP) is 2.87. The first-order valence-corrected chi connectivity index (χ1v) is 7.33. The summed E-state index contributed by atoms with van der Waals surface area (Å²) in [4.78, 5) is 0. The summed E-state index contributed by atoms with van der Waals surface area (Å²) in [7, 11) is 0. The Labute approximate surface area is 123 Å². The molecule has 2 N–H and O–H groups in total. The lowest BCUT2D eigenvalue weighted by atomic mass is 9.99. The Morgan fingerprint density at radius 1 is 1.43 bits per heavy atom. The number of H-pyrrole nitrogens is 1. The average molecular weight is 289 g/mol. The summed E-state index contributed by atoms with van der Waals surface area (Å²) in [5.41, 5.74) is 3.26. The quantitative estimate of drug-likeness (QED) is 0.890. The van der Waals surface area contributed by atoms with Crippen molar-refractivity contribution in [1.82, 2.24) is 15.5 Å². The summed E-state index contributed by atoms with van der Waals surface area (Å²) in [5, 5.41) is 10.5. The van der Waals surface area contributed by atoms with Gasteiger partial charge >= 0.3 is 0 Å². The van der Waals surface area contributed by atoms with Crippen LogP contribution >= 0.6 is 0 Å². The Balaban J connectivity index is 1.75. The highest BCUT2D eigenvalue weighted by Gasteiger charge is 2.27. The van der Waals surface area contributed by atoms with Gasteiger partial charge in [0.25, 0.3) is 0 Å². The SMILES string of the molecule is Cc1[nH]ncc1CN[C@H](c1ccc(F)cc1)[C@@H]1CCCO1. The highest BCUT2D eigenvalue weighted by Crippen LogP contribution is 2.27. The molecule has 1 aliphatic heterocycles. The number of rotatable bonds is 5. The normalized spacial score (nSPS) is 19.8. The van der Waals surface area contributed by atoms with E-state index in [0.717, 1.165) is 36.3 Å². The van der Waals surface area contributed by atoms with Gasteiger partial charge in [-0.15, -0.1) is 0 Å². The molecule has 112 valence electrons. The minimum Gasteiger partial charge on any atom is -0.376 e. The number of nitrogens with zero attached hydrogens (tertiary/aromatic N) is 1. The minimum atomic E-state index is -0.212. The molecule has 1 aliphatic rings. The first-order valence-electron chi connectivity index (χ1n) is 7.33. The van der Waals surface area contributed by atoms with Crippen LogP contribution in [0.2, 0.25) is 0 Å². The maximum absolute atomic E-state index is 13.1. The van der Waals surface area contributed by atoms with Crippen molar-refractivity contribution in [2.75, 3.05) is 6.61 Å². The summed E-state index contributed by atoms with van der Waals surface area (Å²) < 4.78 is 18.9. The van der Waals surface area contributed by atoms with E-state index in [0.29, 0.717) is 6.54 Å². The van der Waals surface area contributed by atoms with Crippen molar-refractivity contribution in [3.63, 3.8) is 0 Å². The van der Waals surface area contributed by atoms with Crippen molar-refractivity contribution in [2.24, 2.45) is 0 Å². The van der Waals surface area contributed by atoms with Crippen LogP contribution in [0.15, 0.2) is 30.5 Å².